The van der Waals surface area contributed by atoms with Crippen molar-refractivity contribution in [2.45, 2.75) is 13.3 Å². The zero-order chi connectivity index (χ0) is 21.2. The average Bonchev–Trinajstić information content (AvgIpc) is 3.43. The number of aromatic amines is 2. The molecule has 4 aromatic rings. The first-order valence-electron chi connectivity index (χ1n) is 10.4. The molecule has 5 heterocycles. The Morgan fingerprint density at radius 2 is 2.13 bits per heavy atom. The Bertz CT molecular complexity index is 1410. The Hall–Kier alpha value is -3.77. The lowest BCUT2D eigenvalue weighted by Gasteiger charge is -2.13. The smallest absolute Gasteiger partial charge is 0.116 e. The molecule has 4 aromatic heterocycles. The van der Waals surface area contributed by atoms with E-state index in [4.69, 9.17) is 0 Å². The summed E-state index contributed by atoms with van der Waals surface area (Å²) in [7, 11) is 0. The molecule has 0 unspecified atom stereocenters. The zero-order valence-electron chi connectivity index (χ0n) is 17.4. The third kappa shape index (κ3) is 3.62. The fraction of sp³-hybridized carbons (Fsp3) is 0.160. The molecule has 1 aliphatic heterocycles. The van der Waals surface area contributed by atoms with E-state index in [1.165, 1.54) is 5.57 Å². The van der Waals surface area contributed by atoms with Gasteiger partial charge in [0.05, 0.1) is 16.7 Å². The predicted octanol–water partition coefficient (Wildman–Crippen LogP) is 3.07. The Labute approximate surface area is 180 Å². The molecule has 6 nitrogen and oxygen atoms in total. The van der Waals surface area contributed by atoms with Crippen LogP contribution in [0.25, 0.3) is 45.7 Å². The summed E-state index contributed by atoms with van der Waals surface area (Å²) < 4.78 is 0. The molecule has 31 heavy (non-hydrogen) atoms. The van der Waals surface area contributed by atoms with Crippen LogP contribution >= 0.6 is 0 Å². The van der Waals surface area contributed by atoms with Crippen molar-refractivity contribution in [2.75, 3.05) is 13.1 Å². The van der Waals surface area contributed by atoms with E-state index in [9.17, 15) is 0 Å². The highest BCUT2D eigenvalue weighted by atomic mass is 15.1. The van der Waals surface area contributed by atoms with Crippen LogP contribution in [0.1, 0.15) is 13.3 Å². The number of allylic oxidation sites excluding steroid dienone is 1. The number of hydrogen-bond acceptors (Lipinski definition) is 4. The van der Waals surface area contributed by atoms with Gasteiger partial charge in [0.15, 0.2) is 0 Å². The number of H-pyrrole nitrogens is 2. The summed E-state index contributed by atoms with van der Waals surface area (Å²) in [6.45, 7) is 8.21. The highest BCUT2D eigenvalue weighted by Gasteiger charge is 2.14. The van der Waals surface area contributed by atoms with Crippen molar-refractivity contribution in [3.05, 3.63) is 77.2 Å². The standard InChI is InChI=1S/C25H24N6/c1-3-21-19(13-16(2)17-6-10-26-11-7-17)25(31-30-21)23-14-20-22(29-23)8-12-28-24(20)18-5-4-9-27-15-18/h3-6,8-9,12-15,26,29-30H,2,7,10-11H2,1H3/b19-13+,21-3+. The van der Waals surface area contributed by atoms with E-state index < -0.39 is 0 Å². The highest BCUT2D eigenvalue weighted by molar-refractivity contribution is 5.95. The van der Waals surface area contributed by atoms with E-state index in [1.54, 1.807) is 6.20 Å². The molecule has 0 amide bonds. The second kappa shape index (κ2) is 8.16. The largest absolute Gasteiger partial charge is 0.353 e. The van der Waals surface area contributed by atoms with Crippen molar-refractivity contribution in [1.82, 2.24) is 30.5 Å². The number of rotatable bonds is 4. The van der Waals surface area contributed by atoms with Gasteiger partial charge in [0, 0.05) is 46.8 Å². The molecular weight excluding hydrogens is 384 g/mol. The van der Waals surface area contributed by atoms with Crippen LogP contribution in [0.4, 0.5) is 0 Å². The zero-order valence-corrected chi connectivity index (χ0v) is 17.4. The van der Waals surface area contributed by atoms with Crippen molar-refractivity contribution in [1.29, 1.82) is 0 Å². The van der Waals surface area contributed by atoms with Gasteiger partial charge in [-0.1, -0.05) is 18.7 Å². The Kier molecular flexibility index (Phi) is 5.06. The number of fused-ring (bicyclic) bond motifs is 1. The molecule has 0 aromatic carbocycles. The van der Waals surface area contributed by atoms with E-state index >= 15 is 0 Å². The van der Waals surface area contributed by atoms with Gasteiger partial charge < -0.3 is 10.3 Å². The Morgan fingerprint density at radius 3 is 2.90 bits per heavy atom. The molecule has 0 radical (unpaired) electrons. The normalized spacial score (nSPS) is 15.5. The van der Waals surface area contributed by atoms with Gasteiger partial charge in [-0.2, -0.15) is 5.10 Å². The maximum Gasteiger partial charge on any atom is 0.116 e. The van der Waals surface area contributed by atoms with Crippen LogP contribution in [0.3, 0.4) is 0 Å². The molecule has 0 aliphatic carbocycles. The van der Waals surface area contributed by atoms with E-state index in [0.717, 1.165) is 69.2 Å². The molecule has 0 bridgehead atoms. The van der Waals surface area contributed by atoms with Gasteiger partial charge in [0.2, 0.25) is 0 Å². The van der Waals surface area contributed by atoms with Gasteiger partial charge in [0.25, 0.3) is 0 Å². The molecule has 0 fully saturated rings. The van der Waals surface area contributed by atoms with Crippen LogP contribution in [0.5, 0.6) is 0 Å². The lowest BCUT2D eigenvalue weighted by Crippen LogP contribution is -2.25. The van der Waals surface area contributed by atoms with Crippen LogP contribution < -0.4 is 15.9 Å². The van der Waals surface area contributed by atoms with Crippen molar-refractivity contribution >= 4 is 23.1 Å². The predicted molar refractivity (Wildman–Crippen MR) is 125 cm³/mol. The Morgan fingerprint density at radius 1 is 1.19 bits per heavy atom. The summed E-state index contributed by atoms with van der Waals surface area (Å²) >= 11 is 0. The summed E-state index contributed by atoms with van der Waals surface area (Å²) in [5.74, 6) is 0. The third-order valence-corrected chi connectivity index (χ3v) is 5.66. The van der Waals surface area contributed by atoms with Gasteiger partial charge in [-0.3, -0.25) is 15.1 Å². The number of aromatic nitrogens is 5. The fourth-order valence-corrected chi connectivity index (χ4v) is 4.03. The molecule has 6 heteroatoms. The summed E-state index contributed by atoms with van der Waals surface area (Å²) in [6, 6.07) is 8.05. The monoisotopic (exact) mass is 408 g/mol. The van der Waals surface area contributed by atoms with E-state index in [-0.39, 0.29) is 0 Å². The van der Waals surface area contributed by atoms with E-state index in [0.29, 0.717) is 0 Å². The molecule has 0 saturated heterocycles. The van der Waals surface area contributed by atoms with Crippen LogP contribution in [0, 0.1) is 0 Å². The quantitative estimate of drug-likeness (QED) is 0.485. The van der Waals surface area contributed by atoms with Crippen LogP contribution in [0.15, 0.2) is 66.7 Å². The lowest BCUT2D eigenvalue weighted by molar-refractivity contribution is 0.710. The molecular formula is C25H24N6. The fourth-order valence-electron chi connectivity index (χ4n) is 4.03. The van der Waals surface area contributed by atoms with Crippen LogP contribution in [-0.2, 0) is 0 Å². The van der Waals surface area contributed by atoms with Crippen molar-refractivity contribution in [3.8, 4) is 22.6 Å². The summed E-state index contributed by atoms with van der Waals surface area (Å²) in [6.07, 6.45) is 12.8. The number of nitrogens with one attached hydrogen (secondary N) is 3. The van der Waals surface area contributed by atoms with Gasteiger partial charge in [-0.05, 0) is 61.4 Å². The maximum absolute atomic E-state index is 4.63. The minimum absolute atomic E-state index is 0.872. The molecule has 154 valence electrons. The van der Waals surface area contributed by atoms with E-state index in [2.05, 4.69) is 55.3 Å². The first-order chi connectivity index (χ1) is 15.2. The second-order valence-corrected chi connectivity index (χ2v) is 7.59. The molecule has 0 spiro atoms. The van der Waals surface area contributed by atoms with Crippen molar-refractivity contribution in [3.63, 3.8) is 0 Å². The first kappa shape index (κ1) is 19.2. The summed E-state index contributed by atoms with van der Waals surface area (Å²) in [5.41, 5.74) is 7.03. The molecule has 0 saturated carbocycles. The molecule has 5 rings (SSSR count). The van der Waals surface area contributed by atoms with E-state index in [1.807, 2.05) is 43.6 Å². The van der Waals surface area contributed by atoms with Crippen LogP contribution in [-0.4, -0.2) is 38.2 Å². The van der Waals surface area contributed by atoms with Crippen molar-refractivity contribution in [2.24, 2.45) is 0 Å². The van der Waals surface area contributed by atoms with Gasteiger partial charge in [-0.25, -0.2) is 0 Å². The third-order valence-electron chi connectivity index (χ3n) is 5.66. The molecule has 3 N–H and O–H groups in total. The summed E-state index contributed by atoms with van der Waals surface area (Å²) in [4.78, 5) is 12.4. The topological polar surface area (TPSA) is 82.3 Å². The minimum atomic E-state index is 0.872. The average molecular weight is 409 g/mol. The van der Waals surface area contributed by atoms with Gasteiger partial charge >= 0.3 is 0 Å². The van der Waals surface area contributed by atoms with Crippen LogP contribution in [0.2, 0.25) is 0 Å². The number of nitrogens with zero attached hydrogens (tertiary/aromatic N) is 3. The number of hydrogen-bond donors (Lipinski definition) is 3. The maximum atomic E-state index is 4.63. The van der Waals surface area contributed by atoms with Crippen molar-refractivity contribution < 1.29 is 0 Å². The SMILES string of the molecule is C=C(/C=c1/c(-c2cc3c(-c4cccnc4)nccc3[nH]2)n[nH]/c1=C/C)C1=CCNCC1. The number of pyridine rings is 2. The van der Waals surface area contributed by atoms with Gasteiger partial charge in [0.1, 0.15) is 5.69 Å². The summed E-state index contributed by atoms with van der Waals surface area (Å²) in [5, 5.41) is 14.2. The highest BCUT2D eigenvalue weighted by Crippen LogP contribution is 2.29. The van der Waals surface area contributed by atoms with Gasteiger partial charge in [-0.15, -0.1) is 0 Å². The first-order valence-corrected chi connectivity index (χ1v) is 10.4. The Balaban J connectivity index is 1.65. The molecule has 0 atom stereocenters. The molecule has 1 aliphatic rings. The second-order valence-electron chi connectivity index (χ2n) is 7.59. The lowest BCUT2D eigenvalue weighted by atomic mass is 10.00. The minimum Gasteiger partial charge on any atom is -0.353 e.